The van der Waals surface area contributed by atoms with Crippen LogP contribution < -0.4 is 10.1 Å². The summed E-state index contributed by atoms with van der Waals surface area (Å²) in [4.78, 5) is 12.1. The predicted molar refractivity (Wildman–Crippen MR) is 93.4 cm³/mol. The van der Waals surface area contributed by atoms with Gasteiger partial charge in [-0.05, 0) is 49.2 Å². The molecule has 6 heteroatoms. The van der Waals surface area contributed by atoms with Crippen molar-refractivity contribution in [2.24, 2.45) is 0 Å². The van der Waals surface area contributed by atoms with Gasteiger partial charge in [0, 0.05) is 25.5 Å². The van der Waals surface area contributed by atoms with E-state index in [9.17, 15) is 4.79 Å². The van der Waals surface area contributed by atoms with E-state index in [1.807, 2.05) is 48.1 Å². The van der Waals surface area contributed by atoms with Gasteiger partial charge in [0.2, 0.25) is 0 Å². The fraction of sp³-hybridized carbons (Fsp3) is 0.263. The molecule has 0 saturated heterocycles. The van der Waals surface area contributed by atoms with E-state index < -0.39 is 0 Å². The van der Waals surface area contributed by atoms with Crippen molar-refractivity contribution in [3.8, 4) is 5.75 Å². The molecule has 0 aliphatic carbocycles. The third kappa shape index (κ3) is 4.97. The van der Waals surface area contributed by atoms with Gasteiger partial charge in [-0.3, -0.25) is 9.48 Å². The van der Waals surface area contributed by atoms with Crippen LogP contribution in [0.15, 0.2) is 59.3 Å². The Morgan fingerprint density at radius 2 is 2.20 bits per heavy atom. The second kappa shape index (κ2) is 8.19. The Balaban J connectivity index is 1.43. The molecule has 0 unspecified atom stereocenters. The van der Waals surface area contributed by atoms with Gasteiger partial charge >= 0.3 is 0 Å². The average molecular weight is 339 g/mol. The monoisotopic (exact) mass is 339 g/mol. The van der Waals surface area contributed by atoms with Gasteiger partial charge < -0.3 is 14.5 Å². The number of hydrogen-bond acceptors (Lipinski definition) is 4. The van der Waals surface area contributed by atoms with Crippen molar-refractivity contribution >= 4 is 5.91 Å². The molecule has 1 aromatic carbocycles. The molecule has 2 heterocycles. The second-order valence-corrected chi connectivity index (χ2v) is 5.75. The molecule has 0 bridgehead atoms. The molecule has 25 heavy (non-hydrogen) atoms. The molecular formula is C19H21N3O3. The number of aromatic nitrogens is 2. The Hall–Kier alpha value is -3.02. The van der Waals surface area contributed by atoms with Gasteiger partial charge in [0.05, 0.1) is 0 Å². The van der Waals surface area contributed by atoms with Crippen molar-refractivity contribution in [3.05, 3.63) is 71.9 Å². The summed E-state index contributed by atoms with van der Waals surface area (Å²) < 4.78 is 13.0. The molecule has 0 spiro atoms. The quantitative estimate of drug-likeness (QED) is 0.640. The summed E-state index contributed by atoms with van der Waals surface area (Å²) in [6, 6.07) is 13.1. The number of furan rings is 1. The number of nitrogens with zero attached hydrogens (tertiary/aromatic N) is 2. The lowest BCUT2D eigenvalue weighted by molar-refractivity contribution is 0.0921. The van der Waals surface area contributed by atoms with Gasteiger partial charge in [-0.1, -0.05) is 12.1 Å². The van der Waals surface area contributed by atoms with E-state index in [1.54, 1.807) is 18.3 Å². The maximum absolute atomic E-state index is 12.1. The lowest BCUT2D eigenvalue weighted by Gasteiger charge is -2.05. The van der Waals surface area contributed by atoms with Gasteiger partial charge in [-0.2, -0.15) is 5.10 Å². The van der Waals surface area contributed by atoms with E-state index in [2.05, 4.69) is 10.4 Å². The molecule has 0 saturated carbocycles. The predicted octanol–water partition coefficient (Wildman–Crippen LogP) is 3.18. The first-order valence-corrected chi connectivity index (χ1v) is 8.24. The Morgan fingerprint density at radius 3 is 3.00 bits per heavy atom. The highest BCUT2D eigenvalue weighted by Gasteiger charge is 2.11. The van der Waals surface area contributed by atoms with Crippen molar-refractivity contribution in [3.63, 3.8) is 0 Å². The maximum atomic E-state index is 12.1. The first-order chi connectivity index (χ1) is 12.2. The van der Waals surface area contributed by atoms with Crippen LogP contribution in [0.5, 0.6) is 5.75 Å². The third-order valence-electron chi connectivity index (χ3n) is 3.66. The van der Waals surface area contributed by atoms with E-state index in [0.717, 1.165) is 24.3 Å². The second-order valence-electron chi connectivity index (χ2n) is 5.75. The minimum absolute atomic E-state index is 0.220. The molecule has 1 amide bonds. The van der Waals surface area contributed by atoms with Crippen LogP contribution in [0.1, 0.15) is 28.3 Å². The molecule has 0 aliphatic heterocycles. The first-order valence-electron chi connectivity index (χ1n) is 8.24. The number of amides is 1. The number of carbonyl (C=O) groups is 1. The van der Waals surface area contributed by atoms with Gasteiger partial charge in [-0.15, -0.1) is 0 Å². The van der Waals surface area contributed by atoms with Crippen LogP contribution in [-0.4, -0.2) is 22.2 Å². The van der Waals surface area contributed by atoms with Crippen LogP contribution in [0, 0.1) is 6.92 Å². The van der Waals surface area contributed by atoms with E-state index in [0.29, 0.717) is 18.1 Å². The molecule has 0 atom stereocenters. The van der Waals surface area contributed by atoms with Gasteiger partial charge in [0.25, 0.3) is 5.91 Å². The van der Waals surface area contributed by atoms with Gasteiger partial charge in [0.15, 0.2) is 5.76 Å². The maximum Gasteiger partial charge on any atom is 0.286 e. The number of rotatable bonds is 8. The summed E-state index contributed by atoms with van der Waals surface area (Å²) in [6.07, 6.45) is 4.44. The molecule has 2 aromatic heterocycles. The average Bonchev–Trinajstić information content (AvgIpc) is 3.28. The van der Waals surface area contributed by atoms with Crippen LogP contribution in [0.3, 0.4) is 0 Å². The normalized spacial score (nSPS) is 10.6. The number of aryl methyl sites for hydroxylation is 2. The molecule has 3 aromatic rings. The van der Waals surface area contributed by atoms with Crippen LogP contribution in [0.4, 0.5) is 0 Å². The van der Waals surface area contributed by atoms with Crippen LogP contribution in [0.25, 0.3) is 0 Å². The fourth-order valence-electron chi connectivity index (χ4n) is 2.40. The zero-order chi connectivity index (χ0) is 17.5. The van der Waals surface area contributed by atoms with Gasteiger partial charge in [-0.25, -0.2) is 0 Å². The minimum atomic E-state index is -0.220. The molecule has 0 fully saturated rings. The number of benzene rings is 1. The van der Waals surface area contributed by atoms with Crippen LogP contribution in [0.2, 0.25) is 0 Å². The Morgan fingerprint density at radius 1 is 1.28 bits per heavy atom. The van der Waals surface area contributed by atoms with Crippen molar-refractivity contribution in [2.45, 2.75) is 26.5 Å². The highest BCUT2D eigenvalue weighted by molar-refractivity contribution is 5.91. The Kier molecular flexibility index (Phi) is 5.51. The summed E-state index contributed by atoms with van der Waals surface area (Å²) >= 11 is 0. The number of hydrogen-bond donors (Lipinski definition) is 1. The molecule has 3 rings (SSSR count). The Bertz CT molecular complexity index is 809. The molecule has 1 N–H and O–H groups in total. The van der Waals surface area contributed by atoms with Crippen molar-refractivity contribution in [1.82, 2.24) is 15.1 Å². The van der Waals surface area contributed by atoms with E-state index in [4.69, 9.17) is 9.15 Å². The van der Waals surface area contributed by atoms with Crippen molar-refractivity contribution < 1.29 is 13.9 Å². The summed E-state index contributed by atoms with van der Waals surface area (Å²) in [7, 11) is 0. The van der Waals surface area contributed by atoms with Gasteiger partial charge in [0.1, 0.15) is 18.1 Å². The molecule has 0 aliphatic rings. The molecule has 6 nitrogen and oxygen atoms in total. The molecule has 130 valence electrons. The topological polar surface area (TPSA) is 69.3 Å². The standard InChI is InChI=1S/C19H21N3O3/c1-15-5-2-6-16(13-15)24-14-17-7-8-18(25-17)19(23)20-9-3-11-22-12-4-10-21-22/h2,4-8,10,12-13H,3,9,11,14H2,1H3,(H,20,23). The summed E-state index contributed by atoms with van der Waals surface area (Å²) in [5.74, 6) is 1.47. The summed E-state index contributed by atoms with van der Waals surface area (Å²) in [6.45, 7) is 3.63. The Labute approximate surface area is 146 Å². The highest BCUT2D eigenvalue weighted by Crippen LogP contribution is 2.16. The van der Waals surface area contributed by atoms with Crippen molar-refractivity contribution in [1.29, 1.82) is 0 Å². The summed E-state index contributed by atoms with van der Waals surface area (Å²) in [5, 5.41) is 6.96. The molecular weight excluding hydrogens is 318 g/mol. The zero-order valence-electron chi connectivity index (χ0n) is 14.1. The largest absolute Gasteiger partial charge is 0.486 e. The first kappa shape index (κ1) is 16.8. The van der Waals surface area contributed by atoms with Crippen LogP contribution >= 0.6 is 0 Å². The lowest BCUT2D eigenvalue weighted by atomic mass is 10.2. The highest BCUT2D eigenvalue weighted by atomic mass is 16.5. The minimum Gasteiger partial charge on any atom is -0.486 e. The summed E-state index contributed by atoms with van der Waals surface area (Å²) in [5.41, 5.74) is 1.13. The SMILES string of the molecule is Cc1cccc(OCc2ccc(C(=O)NCCCn3cccn3)o2)c1. The number of ether oxygens (including phenoxy) is 1. The van der Waals surface area contributed by atoms with E-state index in [-0.39, 0.29) is 12.5 Å². The lowest BCUT2D eigenvalue weighted by Crippen LogP contribution is -2.24. The molecule has 0 radical (unpaired) electrons. The van der Waals surface area contributed by atoms with Crippen LogP contribution in [-0.2, 0) is 13.2 Å². The van der Waals surface area contributed by atoms with E-state index in [1.165, 1.54) is 0 Å². The van der Waals surface area contributed by atoms with E-state index >= 15 is 0 Å². The number of carbonyl (C=O) groups excluding carboxylic acids is 1. The zero-order valence-corrected chi connectivity index (χ0v) is 14.1. The fourth-order valence-corrected chi connectivity index (χ4v) is 2.40. The smallest absolute Gasteiger partial charge is 0.286 e. The van der Waals surface area contributed by atoms with Crippen molar-refractivity contribution in [2.75, 3.05) is 6.54 Å². The third-order valence-corrected chi connectivity index (χ3v) is 3.66. The number of nitrogens with one attached hydrogen (secondary N) is 1.